The highest BCUT2D eigenvalue weighted by Gasteiger charge is 2.55. The molecule has 0 aliphatic carbocycles. The fourth-order valence-electron chi connectivity index (χ4n) is 2.45. The van der Waals surface area contributed by atoms with Gasteiger partial charge in [0, 0.05) is 7.05 Å². The highest BCUT2D eigenvalue weighted by molar-refractivity contribution is 5.81. The predicted octanol–water partition coefficient (Wildman–Crippen LogP) is 2.30. The van der Waals surface area contributed by atoms with E-state index >= 15 is 0 Å². The first-order valence-electron chi connectivity index (χ1n) is 5.75. The van der Waals surface area contributed by atoms with Gasteiger partial charge in [-0.1, -0.05) is 36.9 Å². The molecule has 0 radical (unpaired) electrons. The smallest absolute Gasteiger partial charge is 0.321 e. The second kappa shape index (κ2) is 4.46. The highest BCUT2D eigenvalue weighted by Crippen LogP contribution is 2.50. The standard InChI is InChI=1S/C14H17NO3/c1-10-14(2,13(16)17-4)12(15(3)18-10)11-8-6-5-7-9-11/h5-9,12H,1H2,2-4H3. The summed E-state index contributed by atoms with van der Waals surface area (Å²) < 4.78 is 4.90. The average Bonchev–Trinajstić information content (AvgIpc) is 2.61. The van der Waals surface area contributed by atoms with Gasteiger partial charge in [0.1, 0.15) is 11.2 Å². The van der Waals surface area contributed by atoms with Gasteiger partial charge in [0.25, 0.3) is 0 Å². The van der Waals surface area contributed by atoms with Crippen LogP contribution >= 0.6 is 0 Å². The van der Waals surface area contributed by atoms with Crippen molar-refractivity contribution in [3.8, 4) is 0 Å². The van der Waals surface area contributed by atoms with Crippen molar-refractivity contribution in [2.75, 3.05) is 14.2 Å². The van der Waals surface area contributed by atoms with Crippen LogP contribution in [0.5, 0.6) is 0 Å². The molecule has 0 saturated carbocycles. The molecule has 0 N–H and O–H groups in total. The number of hydrogen-bond donors (Lipinski definition) is 0. The molecule has 1 aliphatic rings. The molecule has 4 heteroatoms. The molecule has 0 bridgehead atoms. The number of carbonyl (C=O) groups is 1. The molecule has 4 nitrogen and oxygen atoms in total. The van der Waals surface area contributed by atoms with E-state index in [-0.39, 0.29) is 12.0 Å². The van der Waals surface area contributed by atoms with Crippen molar-refractivity contribution < 1.29 is 14.4 Å². The van der Waals surface area contributed by atoms with Gasteiger partial charge in [-0.05, 0) is 12.5 Å². The van der Waals surface area contributed by atoms with E-state index in [0.29, 0.717) is 5.76 Å². The predicted molar refractivity (Wildman–Crippen MR) is 67.3 cm³/mol. The molecule has 0 amide bonds. The number of methoxy groups -OCH3 is 1. The second-order valence-corrected chi connectivity index (χ2v) is 4.57. The van der Waals surface area contributed by atoms with Crippen LogP contribution in [0, 0.1) is 5.41 Å². The number of ether oxygens (including phenoxy) is 1. The first-order valence-corrected chi connectivity index (χ1v) is 5.75. The molecule has 0 aromatic heterocycles. The average molecular weight is 247 g/mol. The van der Waals surface area contributed by atoms with Gasteiger partial charge >= 0.3 is 5.97 Å². The lowest BCUT2D eigenvalue weighted by molar-refractivity contribution is -0.151. The normalized spacial score (nSPS) is 27.9. The topological polar surface area (TPSA) is 38.8 Å². The summed E-state index contributed by atoms with van der Waals surface area (Å²) in [6.45, 7) is 5.63. The van der Waals surface area contributed by atoms with Crippen LogP contribution in [0.2, 0.25) is 0 Å². The number of hydrogen-bond acceptors (Lipinski definition) is 4. The lowest BCUT2D eigenvalue weighted by Crippen LogP contribution is -2.36. The van der Waals surface area contributed by atoms with Gasteiger partial charge in [0.15, 0.2) is 0 Å². The third-order valence-corrected chi connectivity index (χ3v) is 3.47. The Balaban J connectivity index is 2.49. The third kappa shape index (κ3) is 1.69. The first kappa shape index (κ1) is 12.6. The van der Waals surface area contributed by atoms with E-state index in [4.69, 9.17) is 9.57 Å². The summed E-state index contributed by atoms with van der Waals surface area (Å²) in [5.41, 5.74) is 0.0942. The van der Waals surface area contributed by atoms with Crippen LogP contribution in [0.3, 0.4) is 0 Å². The van der Waals surface area contributed by atoms with Crippen molar-refractivity contribution in [1.82, 2.24) is 5.06 Å². The fourth-order valence-corrected chi connectivity index (χ4v) is 2.45. The van der Waals surface area contributed by atoms with Gasteiger partial charge in [0.05, 0.1) is 13.2 Å². The Labute approximate surface area is 107 Å². The van der Waals surface area contributed by atoms with Gasteiger partial charge in [-0.2, -0.15) is 0 Å². The maximum absolute atomic E-state index is 12.1. The molecule has 1 aliphatic heterocycles. The van der Waals surface area contributed by atoms with E-state index in [9.17, 15) is 4.79 Å². The lowest BCUT2D eigenvalue weighted by Gasteiger charge is -2.27. The number of rotatable bonds is 2. The van der Waals surface area contributed by atoms with Crippen molar-refractivity contribution in [1.29, 1.82) is 0 Å². The largest absolute Gasteiger partial charge is 0.468 e. The summed E-state index contributed by atoms with van der Waals surface area (Å²) >= 11 is 0. The van der Waals surface area contributed by atoms with Crippen molar-refractivity contribution >= 4 is 5.97 Å². The molecule has 0 spiro atoms. The molecule has 2 atom stereocenters. The highest BCUT2D eigenvalue weighted by atomic mass is 16.7. The van der Waals surface area contributed by atoms with Gasteiger partial charge in [-0.25, -0.2) is 0 Å². The molecule has 1 saturated heterocycles. The molecule has 2 rings (SSSR count). The monoisotopic (exact) mass is 247 g/mol. The Bertz CT molecular complexity index is 461. The summed E-state index contributed by atoms with van der Waals surface area (Å²) in [4.78, 5) is 17.6. The zero-order valence-electron chi connectivity index (χ0n) is 10.8. The van der Waals surface area contributed by atoms with Crippen LogP contribution in [0.25, 0.3) is 0 Å². The molecule has 1 fully saturated rings. The van der Waals surface area contributed by atoms with Gasteiger partial charge < -0.3 is 9.57 Å². The van der Waals surface area contributed by atoms with Crippen molar-refractivity contribution in [2.45, 2.75) is 13.0 Å². The molecule has 18 heavy (non-hydrogen) atoms. The summed E-state index contributed by atoms with van der Waals surface area (Å²) in [6, 6.07) is 9.49. The zero-order valence-corrected chi connectivity index (χ0v) is 10.8. The number of benzene rings is 1. The molecule has 2 unspecified atom stereocenters. The molecular weight excluding hydrogens is 230 g/mol. The van der Waals surface area contributed by atoms with Crippen LogP contribution in [0.4, 0.5) is 0 Å². The summed E-state index contributed by atoms with van der Waals surface area (Å²) in [5, 5.41) is 1.65. The maximum atomic E-state index is 12.1. The minimum atomic E-state index is -0.898. The Kier molecular flexibility index (Phi) is 3.13. The van der Waals surface area contributed by atoms with Gasteiger partial charge in [0.2, 0.25) is 0 Å². The van der Waals surface area contributed by atoms with E-state index in [2.05, 4.69) is 6.58 Å². The van der Waals surface area contributed by atoms with Crippen molar-refractivity contribution in [3.05, 3.63) is 48.2 Å². The van der Waals surface area contributed by atoms with Crippen LogP contribution in [0.1, 0.15) is 18.5 Å². The number of hydroxylamine groups is 2. The van der Waals surface area contributed by atoms with Gasteiger partial charge in [-0.3, -0.25) is 4.79 Å². The fraction of sp³-hybridized carbons (Fsp3) is 0.357. The van der Waals surface area contributed by atoms with E-state index in [1.807, 2.05) is 30.3 Å². The quantitative estimate of drug-likeness (QED) is 0.752. The van der Waals surface area contributed by atoms with Gasteiger partial charge in [-0.15, -0.1) is 5.06 Å². The SMILES string of the molecule is C=C1ON(C)C(c2ccccc2)C1(C)C(=O)OC. The van der Waals surface area contributed by atoms with E-state index < -0.39 is 5.41 Å². The van der Waals surface area contributed by atoms with E-state index in [1.165, 1.54) is 7.11 Å². The van der Waals surface area contributed by atoms with Crippen LogP contribution in [-0.2, 0) is 14.4 Å². The Hall–Kier alpha value is -1.81. The minimum Gasteiger partial charge on any atom is -0.468 e. The van der Waals surface area contributed by atoms with Crippen LogP contribution < -0.4 is 0 Å². The molecule has 1 aromatic carbocycles. The van der Waals surface area contributed by atoms with Crippen LogP contribution in [0.15, 0.2) is 42.7 Å². The summed E-state index contributed by atoms with van der Waals surface area (Å²) in [7, 11) is 3.16. The number of carbonyl (C=O) groups excluding carboxylic acids is 1. The number of nitrogens with zero attached hydrogens (tertiary/aromatic N) is 1. The zero-order chi connectivity index (χ0) is 13.3. The maximum Gasteiger partial charge on any atom is 0.321 e. The summed E-state index contributed by atoms with van der Waals surface area (Å²) in [6.07, 6.45) is 0. The first-order chi connectivity index (χ1) is 8.51. The van der Waals surface area contributed by atoms with E-state index in [0.717, 1.165) is 5.56 Å². The van der Waals surface area contributed by atoms with Crippen LogP contribution in [-0.4, -0.2) is 25.2 Å². The van der Waals surface area contributed by atoms with E-state index in [1.54, 1.807) is 19.0 Å². The molecule has 96 valence electrons. The number of esters is 1. The van der Waals surface area contributed by atoms with Crippen molar-refractivity contribution in [2.24, 2.45) is 5.41 Å². The Morgan fingerprint density at radius 1 is 1.44 bits per heavy atom. The molecular formula is C14H17NO3. The lowest BCUT2D eigenvalue weighted by atomic mass is 9.78. The second-order valence-electron chi connectivity index (χ2n) is 4.57. The molecule has 1 heterocycles. The Morgan fingerprint density at radius 3 is 2.61 bits per heavy atom. The summed E-state index contributed by atoms with van der Waals surface area (Å²) in [5.74, 6) is 0.0661. The molecule has 1 aromatic rings. The Morgan fingerprint density at radius 2 is 2.06 bits per heavy atom. The third-order valence-electron chi connectivity index (χ3n) is 3.47. The van der Waals surface area contributed by atoms with Crippen molar-refractivity contribution in [3.63, 3.8) is 0 Å². The minimum absolute atomic E-state index is 0.237.